The van der Waals surface area contributed by atoms with Crippen LogP contribution >= 0.6 is 0 Å². The first-order valence-electron chi connectivity index (χ1n) is 23.2. The summed E-state index contributed by atoms with van der Waals surface area (Å²) in [5.41, 5.74) is 4.81. The maximum Gasteiger partial charge on any atom is 0.261 e. The summed E-state index contributed by atoms with van der Waals surface area (Å²) in [6.45, 7) is 8.55. The number of amides is 6. The van der Waals surface area contributed by atoms with Crippen LogP contribution in [0, 0.1) is 5.92 Å². The van der Waals surface area contributed by atoms with Crippen LogP contribution in [0.2, 0.25) is 0 Å². The van der Waals surface area contributed by atoms with Crippen LogP contribution in [0.1, 0.15) is 59.1 Å². The van der Waals surface area contributed by atoms with Crippen LogP contribution in [0.4, 0.5) is 11.6 Å². The molecular formula is C49H51N11O7. The number of aliphatic hydroxyl groups excluding tert-OH is 1. The van der Waals surface area contributed by atoms with Crippen molar-refractivity contribution in [1.82, 2.24) is 45.2 Å². The number of imide groups is 2. The molecule has 6 aliphatic heterocycles. The highest BCUT2D eigenvalue weighted by Crippen LogP contribution is 2.39. The number of para-hydroxylation sites is 2. The van der Waals surface area contributed by atoms with Crippen LogP contribution in [0.3, 0.4) is 0 Å². The molecule has 18 heteroatoms. The molecule has 4 saturated heterocycles. The number of aromatic amines is 1. The van der Waals surface area contributed by atoms with Gasteiger partial charge < -0.3 is 24.8 Å². The molecule has 67 heavy (non-hydrogen) atoms. The minimum Gasteiger partial charge on any atom is -0.369 e. The summed E-state index contributed by atoms with van der Waals surface area (Å²) in [5.74, 6) is -1.21. The van der Waals surface area contributed by atoms with E-state index in [-0.39, 0.29) is 35.8 Å². The van der Waals surface area contributed by atoms with Gasteiger partial charge in [0.05, 0.1) is 28.9 Å². The lowest BCUT2D eigenvalue weighted by Crippen LogP contribution is -2.53. The molecule has 8 heterocycles. The number of H-pyrrole nitrogens is 1. The van der Waals surface area contributed by atoms with Crippen molar-refractivity contribution >= 4 is 80.0 Å². The number of carbonyl (C=O) groups excluding carboxylic acids is 6. The Hall–Kier alpha value is -7.02. The third kappa shape index (κ3) is 7.87. The van der Waals surface area contributed by atoms with E-state index in [4.69, 9.17) is 9.97 Å². The molecule has 2 aromatic heterocycles. The summed E-state index contributed by atoms with van der Waals surface area (Å²) in [4.78, 5) is 103. The molecule has 4 N–H and O–H groups in total. The molecule has 6 amide bonds. The van der Waals surface area contributed by atoms with Crippen LogP contribution in [0.25, 0.3) is 33.0 Å². The summed E-state index contributed by atoms with van der Waals surface area (Å²) in [5, 5.41) is 17.5. The molecule has 2 unspecified atom stereocenters. The molecule has 2 atom stereocenters. The zero-order valence-corrected chi connectivity index (χ0v) is 36.9. The van der Waals surface area contributed by atoms with E-state index in [2.05, 4.69) is 30.3 Å². The van der Waals surface area contributed by atoms with Crippen molar-refractivity contribution in [2.24, 2.45) is 5.92 Å². The van der Waals surface area contributed by atoms with Crippen molar-refractivity contribution < 1.29 is 33.9 Å². The fourth-order valence-electron chi connectivity index (χ4n) is 10.8. The van der Waals surface area contributed by atoms with Gasteiger partial charge in [-0.2, -0.15) is 0 Å². The van der Waals surface area contributed by atoms with Crippen LogP contribution in [0.15, 0.2) is 72.9 Å². The fraction of sp³-hybridized carbons (Fsp3) is 0.388. The number of hydrogen-bond acceptors (Lipinski definition) is 13. The number of nitrogens with one attached hydrogen (secondary N) is 3. The predicted octanol–water partition coefficient (Wildman–Crippen LogP) is 2.11. The van der Waals surface area contributed by atoms with E-state index in [1.54, 1.807) is 12.3 Å². The second-order valence-corrected chi connectivity index (χ2v) is 18.4. The maximum absolute atomic E-state index is 13.7. The van der Waals surface area contributed by atoms with E-state index in [1.165, 1.54) is 4.90 Å². The number of aromatic nitrogens is 3. The van der Waals surface area contributed by atoms with Crippen molar-refractivity contribution in [3.63, 3.8) is 0 Å². The highest BCUT2D eigenvalue weighted by atomic mass is 16.3. The predicted molar refractivity (Wildman–Crippen MR) is 248 cm³/mol. The van der Waals surface area contributed by atoms with E-state index < -0.39 is 35.9 Å². The first-order valence-corrected chi connectivity index (χ1v) is 23.2. The van der Waals surface area contributed by atoms with Crippen LogP contribution in [-0.4, -0.2) is 160 Å². The highest BCUT2D eigenvalue weighted by molar-refractivity contribution is 6.50. The van der Waals surface area contributed by atoms with E-state index in [0.29, 0.717) is 77.9 Å². The summed E-state index contributed by atoms with van der Waals surface area (Å²) in [6, 6.07) is 19.8. The average molecular weight is 906 g/mol. The highest BCUT2D eigenvalue weighted by Gasteiger charge is 2.45. The Morgan fingerprint density at radius 1 is 0.701 bits per heavy atom. The number of anilines is 2. The number of nitrogens with zero attached hydrogens (tertiary/aromatic N) is 8. The Balaban J connectivity index is 0.668. The van der Waals surface area contributed by atoms with Crippen molar-refractivity contribution in [3.8, 4) is 0 Å². The van der Waals surface area contributed by atoms with E-state index in [9.17, 15) is 33.9 Å². The summed E-state index contributed by atoms with van der Waals surface area (Å²) < 4.78 is 0. The lowest BCUT2D eigenvalue weighted by molar-refractivity contribution is -0.139. The normalized spacial score (nSPS) is 22.4. The van der Waals surface area contributed by atoms with Crippen molar-refractivity contribution in [1.29, 1.82) is 0 Å². The van der Waals surface area contributed by atoms with E-state index in [1.807, 2.05) is 70.5 Å². The second-order valence-electron chi connectivity index (χ2n) is 18.4. The molecule has 0 saturated carbocycles. The lowest BCUT2D eigenvalue weighted by atomic mass is 9.96. The van der Waals surface area contributed by atoms with Crippen molar-refractivity contribution in [2.45, 2.75) is 38.0 Å². The first-order chi connectivity index (χ1) is 32.6. The smallest absolute Gasteiger partial charge is 0.261 e. The Kier molecular flexibility index (Phi) is 11.0. The van der Waals surface area contributed by atoms with Gasteiger partial charge in [0.15, 0.2) is 6.23 Å². The lowest BCUT2D eigenvalue weighted by Gasteiger charge is -2.40. The minimum absolute atomic E-state index is 0.108. The Labute approximate surface area is 385 Å². The monoisotopic (exact) mass is 905 g/mol. The third-order valence-electron chi connectivity index (χ3n) is 14.4. The quantitative estimate of drug-likeness (QED) is 0.157. The zero-order chi connectivity index (χ0) is 45.9. The molecule has 3 aromatic carbocycles. The number of carbonyl (C=O) groups is 6. The number of rotatable bonds is 9. The van der Waals surface area contributed by atoms with Crippen LogP contribution < -0.4 is 20.4 Å². The number of hydrogen-bond donors (Lipinski definition) is 4. The summed E-state index contributed by atoms with van der Waals surface area (Å²) >= 11 is 0. The largest absolute Gasteiger partial charge is 0.369 e. The third-order valence-corrected chi connectivity index (χ3v) is 14.4. The van der Waals surface area contributed by atoms with Crippen LogP contribution in [-0.2, 0) is 24.0 Å². The molecule has 11 rings (SSSR count). The Morgan fingerprint density at radius 2 is 1.42 bits per heavy atom. The van der Waals surface area contributed by atoms with Gasteiger partial charge in [0.25, 0.3) is 17.7 Å². The molecular weight excluding hydrogens is 855 g/mol. The van der Waals surface area contributed by atoms with Gasteiger partial charge in [0.1, 0.15) is 6.04 Å². The molecule has 6 aliphatic rings. The van der Waals surface area contributed by atoms with Crippen LogP contribution in [0.5, 0.6) is 0 Å². The molecule has 0 aliphatic carbocycles. The van der Waals surface area contributed by atoms with E-state index >= 15 is 0 Å². The van der Waals surface area contributed by atoms with Gasteiger partial charge in [-0.15, -0.1) is 0 Å². The molecule has 0 radical (unpaired) electrons. The van der Waals surface area contributed by atoms with Crippen molar-refractivity contribution in [2.75, 3.05) is 88.3 Å². The van der Waals surface area contributed by atoms with Gasteiger partial charge in [0.2, 0.25) is 23.7 Å². The topological polar surface area (TPSA) is 208 Å². The van der Waals surface area contributed by atoms with Gasteiger partial charge in [-0.25, -0.2) is 9.97 Å². The minimum atomic E-state index is -1.25. The van der Waals surface area contributed by atoms with Gasteiger partial charge in [-0.1, -0.05) is 36.4 Å². The number of fused-ring (bicyclic) bond motifs is 3. The Morgan fingerprint density at radius 3 is 2.19 bits per heavy atom. The van der Waals surface area contributed by atoms with Gasteiger partial charge in [-0.3, -0.25) is 54.1 Å². The standard InChI is InChI=1S/C49H51N11O7/c61-39-12-11-38(44(63)52-39)60-47(66)32-10-9-30(25-34(32)48(60)67)57-19-17-56(18-20-57)27-29-13-15-55(16-14-29)28-40(62)58-21-23-59(24-22-58)49-51-37-8-4-2-6-33(37)43(53-49)42-41(45(64)54-46(42)65)35-26-50-36-7-3-1-5-31(35)36/h1-10,25-26,29,38,48,50,67H,11-24,27-28H2,(H,52,61,63)(H,54,64,65). The number of likely N-dealkylation sites (tertiary alicyclic amines) is 1. The number of aliphatic hydroxyl groups is 1. The molecule has 5 aromatic rings. The molecule has 4 fully saturated rings. The molecule has 0 bridgehead atoms. The average Bonchev–Trinajstić information content (AvgIpc) is 3.98. The second kappa shape index (κ2) is 17.3. The summed E-state index contributed by atoms with van der Waals surface area (Å²) in [6.07, 6.45) is 2.85. The zero-order valence-electron chi connectivity index (χ0n) is 36.9. The number of piperazine rings is 2. The first kappa shape index (κ1) is 42.6. The van der Waals surface area contributed by atoms with Crippen molar-refractivity contribution in [3.05, 3.63) is 95.3 Å². The molecule has 0 spiro atoms. The van der Waals surface area contributed by atoms with E-state index in [0.717, 1.165) is 75.2 Å². The maximum atomic E-state index is 13.7. The van der Waals surface area contributed by atoms with Gasteiger partial charge in [-0.05, 0) is 68.6 Å². The van der Waals surface area contributed by atoms with Gasteiger partial charge >= 0.3 is 0 Å². The fourth-order valence-corrected chi connectivity index (χ4v) is 10.8. The number of benzene rings is 3. The molecule has 344 valence electrons. The Bertz CT molecular complexity index is 2890. The SMILES string of the molecule is O=C1CCC(N2C(=O)c3ccc(N4CCN(CC5CCN(CC(=O)N6CCN(c7nc(C8=C(c9c[nH]c%10ccccc9%10)C(=O)NC8=O)c8ccccc8n7)CC6)CC5)CC4)cc3C2O)C(=O)N1. The molecule has 18 nitrogen and oxygen atoms in total. The number of piperidine rings is 2. The van der Waals surface area contributed by atoms with Gasteiger partial charge in [0, 0.05) is 110 Å². The summed E-state index contributed by atoms with van der Waals surface area (Å²) in [7, 11) is 0.